The van der Waals surface area contributed by atoms with Gasteiger partial charge in [-0.1, -0.05) is 19.1 Å². The molecule has 1 aliphatic rings. The zero-order valence-electron chi connectivity index (χ0n) is 15.9. The second-order valence-corrected chi connectivity index (χ2v) is 7.11. The first-order valence-electron chi connectivity index (χ1n) is 9.57. The van der Waals surface area contributed by atoms with Crippen LogP contribution >= 0.6 is 0 Å². The molecule has 0 bridgehead atoms. The number of hydrogen-bond donors (Lipinski definition) is 0. The minimum Gasteiger partial charge on any atom is -0.336 e. The molecule has 140 valence electrons. The second-order valence-electron chi connectivity index (χ2n) is 7.11. The van der Waals surface area contributed by atoms with Gasteiger partial charge in [0.25, 0.3) is 5.91 Å². The Morgan fingerprint density at radius 2 is 1.93 bits per heavy atom. The van der Waals surface area contributed by atoms with Crippen molar-refractivity contribution in [3.63, 3.8) is 0 Å². The lowest BCUT2D eigenvalue weighted by molar-refractivity contribution is 0.0664. The van der Waals surface area contributed by atoms with Gasteiger partial charge in [-0.2, -0.15) is 0 Å². The molecular formula is C21H25N5O. The number of carbonyl (C=O) groups excluding carboxylic acids is 1. The van der Waals surface area contributed by atoms with Crippen molar-refractivity contribution in [2.75, 3.05) is 33.2 Å². The number of nitrogens with zero attached hydrogens (tertiary/aromatic N) is 5. The number of aryl methyl sites for hydroxylation is 1. The number of imidazole rings is 1. The lowest BCUT2D eigenvalue weighted by Gasteiger charge is -2.32. The standard InChI is InChI=1S/C21H25N5O/c1-3-10-26-19(23-18-8-5-9-22-20(18)26)16-6-4-7-17(15-16)21(27)25-13-11-24(2)12-14-25/h4-9,15H,3,10-14H2,1-2H3. The number of aromatic nitrogens is 3. The van der Waals surface area contributed by atoms with Crippen molar-refractivity contribution >= 4 is 17.1 Å². The molecule has 3 aromatic rings. The lowest BCUT2D eigenvalue weighted by atomic mass is 10.1. The fourth-order valence-electron chi connectivity index (χ4n) is 3.60. The van der Waals surface area contributed by atoms with Crippen LogP contribution in [0.3, 0.4) is 0 Å². The molecule has 6 nitrogen and oxygen atoms in total. The number of amides is 1. The van der Waals surface area contributed by atoms with Crippen molar-refractivity contribution in [2.24, 2.45) is 0 Å². The second kappa shape index (κ2) is 7.48. The highest BCUT2D eigenvalue weighted by Crippen LogP contribution is 2.25. The number of fused-ring (bicyclic) bond motifs is 1. The summed E-state index contributed by atoms with van der Waals surface area (Å²) in [7, 11) is 2.09. The molecule has 0 unspecified atom stereocenters. The first-order valence-corrected chi connectivity index (χ1v) is 9.57. The van der Waals surface area contributed by atoms with Gasteiger partial charge in [0.05, 0.1) is 0 Å². The van der Waals surface area contributed by atoms with Crippen LogP contribution < -0.4 is 0 Å². The monoisotopic (exact) mass is 363 g/mol. The smallest absolute Gasteiger partial charge is 0.253 e. The summed E-state index contributed by atoms with van der Waals surface area (Å²) in [6.45, 7) is 6.38. The maximum Gasteiger partial charge on any atom is 0.253 e. The summed E-state index contributed by atoms with van der Waals surface area (Å²) in [5.41, 5.74) is 3.46. The number of hydrogen-bond acceptors (Lipinski definition) is 4. The van der Waals surface area contributed by atoms with Crippen molar-refractivity contribution in [1.82, 2.24) is 24.3 Å². The van der Waals surface area contributed by atoms with Crippen LogP contribution in [0.1, 0.15) is 23.7 Å². The average molecular weight is 363 g/mol. The van der Waals surface area contributed by atoms with Gasteiger partial charge in [-0.05, 0) is 37.7 Å². The van der Waals surface area contributed by atoms with Crippen LogP contribution in [-0.4, -0.2) is 63.5 Å². The fraction of sp³-hybridized carbons (Fsp3) is 0.381. The van der Waals surface area contributed by atoms with Crippen LogP contribution in [-0.2, 0) is 6.54 Å². The molecular weight excluding hydrogens is 338 g/mol. The van der Waals surface area contributed by atoms with Gasteiger partial charge in [-0.3, -0.25) is 4.79 Å². The Kier molecular flexibility index (Phi) is 4.90. The molecule has 1 aromatic carbocycles. The van der Waals surface area contributed by atoms with E-state index in [1.54, 1.807) is 6.20 Å². The van der Waals surface area contributed by atoms with E-state index in [4.69, 9.17) is 4.98 Å². The Morgan fingerprint density at radius 3 is 2.70 bits per heavy atom. The molecule has 1 saturated heterocycles. The lowest BCUT2D eigenvalue weighted by Crippen LogP contribution is -2.47. The summed E-state index contributed by atoms with van der Waals surface area (Å²) < 4.78 is 2.15. The Balaban J connectivity index is 1.69. The number of rotatable bonds is 4. The van der Waals surface area contributed by atoms with Gasteiger partial charge >= 0.3 is 0 Å². The Hall–Kier alpha value is -2.73. The predicted molar refractivity (Wildman–Crippen MR) is 107 cm³/mol. The average Bonchev–Trinajstić information content (AvgIpc) is 3.07. The normalized spacial score (nSPS) is 15.4. The van der Waals surface area contributed by atoms with Crippen LogP contribution in [0.2, 0.25) is 0 Å². The summed E-state index contributed by atoms with van der Waals surface area (Å²) in [6.07, 6.45) is 2.79. The zero-order valence-corrected chi connectivity index (χ0v) is 15.9. The third-order valence-electron chi connectivity index (χ3n) is 5.11. The molecule has 0 radical (unpaired) electrons. The van der Waals surface area contributed by atoms with Crippen LogP contribution in [0.15, 0.2) is 42.6 Å². The van der Waals surface area contributed by atoms with E-state index in [2.05, 4.69) is 28.4 Å². The van der Waals surface area contributed by atoms with E-state index in [1.165, 1.54) is 0 Å². The number of likely N-dealkylation sites (N-methyl/N-ethyl adjacent to an activating group) is 1. The molecule has 2 aromatic heterocycles. The topological polar surface area (TPSA) is 54.3 Å². The van der Waals surface area contributed by atoms with Crippen molar-refractivity contribution in [2.45, 2.75) is 19.9 Å². The molecule has 27 heavy (non-hydrogen) atoms. The highest BCUT2D eigenvalue weighted by molar-refractivity contribution is 5.95. The summed E-state index contributed by atoms with van der Waals surface area (Å²) in [4.78, 5) is 26.4. The summed E-state index contributed by atoms with van der Waals surface area (Å²) >= 11 is 0. The first-order chi connectivity index (χ1) is 13.2. The number of benzene rings is 1. The molecule has 0 atom stereocenters. The SMILES string of the molecule is CCCn1c(-c2cccc(C(=O)N3CCN(C)CC3)c2)nc2cccnc21. The highest BCUT2D eigenvalue weighted by Gasteiger charge is 2.21. The minimum atomic E-state index is 0.0984. The molecule has 0 saturated carbocycles. The molecule has 0 spiro atoms. The zero-order chi connectivity index (χ0) is 18.8. The van der Waals surface area contributed by atoms with E-state index >= 15 is 0 Å². The summed E-state index contributed by atoms with van der Waals surface area (Å²) in [5, 5.41) is 0. The van der Waals surface area contributed by atoms with Gasteiger partial charge in [0.2, 0.25) is 0 Å². The summed E-state index contributed by atoms with van der Waals surface area (Å²) in [5.74, 6) is 0.972. The Morgan fingerprint density at radius 1 is 1.11 bits per heavy atom. The van der Waals surface area contributed by atoms with Gasteiger partial charge in [0, 0.05) is 50.0 Å². The fourth-order valence-corrected chi connectivity index (χ4v) is 3.60. The largest absolute Gasteiger partial charge is 0.336 e. The molecule has 1 fully saturated rings. The Labute approximate surface area is 159 Å². The molecule has 4 rings (SSSR count). The van der Waals surface area contributed by atoms with Crippen LogP contribution in [0.4, 0.5) is 0 Å². The molecule has 3 heterocycles. The van der Waals surface area contributed by atoms with Crippen LogP contribution in [0.25, 0.3) is 22.6 Å². The van der Waals surface area contributed by atoms with E-state index in [9.17, 15) is 4.79 Å². The molecule has 1 amide bonds. The van der Waals surface area contributed by atoms with E-state index in [1.807, 2.05) is 41.3 Å². The third kappa shape index (κ3) is 3.45. The summed E-state index contributed by atoms with van der Waals surface area (Å²) in [6, 6.07) is 11.7. The predicted octanol–water partition coefficient (Wildman–Crippen LogP) is 2.90. The van der Waals surface area contributed by atoms with Gasteiger partial charge in [0.15, 0.2) is 5.65 Å². The van der Waals surface area contributed by atoms with Gasteiger partial charge < -0.3 is 14.4 Å². The van der Waals surface area contributed by atoms with Gasteiger partial charge in [-0.25, -0.2) is 9.97 Å². The first kappa shape index (κ1) is 17.7. The third-order valence-corrected chi connectivity index (χ3v) is 5.11. The van der Waals surface area contributed by atoms with Crippen LogP contribution in [0.5, 0.6) is 0 Å². The highest BCUT2D eigenvalue weighted by atomic mass is 16.2. The maximum atomic E-state index is 12.9. The van der Waals surface area contributed by atoms with Gasteiger partial charge in [0.1, 0.15) is 11.3 Å². The molecule has 6 heteroatoms. The van der Waals surface area contributed by atoms with E-state index < -0.39 is 0 Å². The van der Waals surface area contributed by atoms with E-state index in [0.717, 1.165) is 67.3 Å². The van der Waals surface area contributed by atoms with Crippen LogP contribution in [0, 0.1) is 0 Å². The van der Waals surface area contributed by atoms with Crippen molar-refractivity contribution in [1.29, 1.82) is 0 Å². The number of carbonyl (C=O) groups is 1. The van der Waals surface area contributed by atoms with Crippen molar-refractivity contribution in [3.05, 3.63) is 48.2 Å². The van der Waals surface area contributed by atoms with E-state index in [0.29, 0.717) is 0 Å². The molecule has 0 N–H and O–H groups in total. The van der Waals surface area contributed by atoms with Crippen molar-refractivity contribution in [3.8, 4) is 11.4 Å². The van der Waals surface area contributed by atoms with Crippen molar-refractivity contribution < 1.29 is 4.79 Å². The molecule has 1 aliphatic heterocycles. The maximum absolute atomic E-state index is 12.9. The van der Waals surface area contributed by atoms with E-state index in [-0.39, 0.29) is 5.91 Å². The minimum absolute atomic E-state index is 0.0984. The van der Waals surface area contributed by atoms with Gasteiger partial charge in [-0.15, -0.1) is 0 Å². The Bertz CT molecular complexity index is 956. The number of piperazine rings is 1. The number of pyridine rings is 1. The quantitative estimate of drug-likeness (QED) is 0.715. The molecule has 0 aliphatic carbocycles.